The van der Waals surface area contributed by atoms with Crippen LogP contribution in [-0.2, 0) is 0 Å². The first kappa shape index (κ1) is 17.2. The van der Waals surface area contributed by atoms with Crippen LogP contribution in [-0.4, -0.2) is 18.8 Å². The summed E-state index contributed by atoms with van der Waals surface area (Å²) in [7, 11) is 1.66. The van der Waals surface area contributed by atoms with Crippen LogP contribution in [0.4, 0.5) is 5.69 Å². The number of nitrogens with one attached hydrogen (secondary N) is 1. The Morgan fingerprint density at radius 3 is 2.48 bits per heavy atom. The number of ether oxygens (including phenoxy) is 1. The quantitative estimate of drug-likeness (QED) is 0.534. The lowest BCUT2D eigenvalue weighted by Crippen LogP contribution is -2.03. The summed E-state index contributed by atoms with van der Waals surface area (Å²) >= 11 is 0. The largest absolute Gasteiger partial charge is 0.507 e. The summed E-state index contributed by atoms with van der Waals surface area (Å²) in [6, 6.07) is 18.0. The van der Waals surface area contributed by atoms with Gasteiger partial charge in [-0.15, -0.1) is 0 Å². The Hall–Kier alpha value is -2.68. The highest BCUT2D eigenvalue weighted by atomic mass is 16.5. The minimum Gasteiger partial charge on any atom is -0.507 e. The molecule has 0 aromatic heterocycles. The molecule has 0 spiro atoms. The third-order valence-electron chi connectivity index (χ3n) is 4.49. The smallest absolute Gasteiger partial charge is 0.142 e. The van der Waals surface area contributed by atoms with E-state index in [9.17, 15) is 5.11 Å². The number of phenols is 1. The maximum Gasteiger partial charge on any atom is 0.142 e. The van der Waals surface area contributed by atoms with Gasteiger partial charge in [-0.3, -0.25) is 0 Å². The van der Waals surface area contributed by atoms with Crippen molar-refractivity contribution in [3.63, 3.8) is 0 Å². The van der Waals surface area contributed by atoms with Crippen LogP contribution in [0.1, 0.15) is 26.2 Å². The maximum absolute atomic E-state index is 10.3. The zero-order valence-corrected chi connectivity index (χ0v) is 14.9. The fourth-order valence-corrected chi connectivity index (χ4v) is 3.13. The van der Waals surface area contributed by atoms with E-state index in [-0.39, 0.29) is 5.75 Å². The van der Waals surface area contributed by atoms with E-state index >= 15 is 0 Å². The summed E-state index contributed by atoms with van der Waals surface area (Å²) in [4.78, 5) is 0. The van der Waals surface area contributed by atoms with Crippen LogP contribution in [0.2, 0.25) is 0 Å². The first-order valence-electron chi connectivity index (χ1n) is 8.87. The van der Waals surface area contributed by atoms with Crippen LogP contribution in [0.25, 0.3) is 21.9 Å². The first-order chi connectivity index (χ1) is 12.2. The predicted octanol–water partition coefficient (Wildman–Crippen LogP) is 5.82. The average Bonchev–Trinajstić information content (AvgIpc) is 2.66. The molecule has 3 heteroatoms. The fourth-order valence-electron chi connectivity index (χ4n) is 3.13. The standard InChI is InChI=1S/C22H25NO2/c1-3-4-8-13-23-20-14-18-17(16-9-6-5-7-10-16)11-12-21(24)19(18)15-22(20)25-2/h5-7,9-12,14-15,23-24H,3-4,8,13H2,1-2H3. The molecule has 25 heavy (non-hydrogen) atoms. The van der Waals surface area contributed by atoms with E-state index < -0.39 is 0 Å². The Bertz CT molecular complexity index is 844. The molecule has 2 N–H and O–H groups in total. The monoisotopic (exact) mass is 335 g/mol. The summed E-state index contributed by atoms with van der Waals surface area (Å²) in [5.41, 5.74) is 3.20. The summed E-state index contributed by atoms with van der Waals surface area (Å²) in [6.45, 7) is 3.11. The Balaban J connectivity index is 2.08. The highest BCUT2D eigenvalue weighted by Crippen LogP contribution is 2.39. The van der Waals surface area contributed by atoms with E-state index in [1.165, 1.54) is 12.8 Å². The van der Waals surface area contributed by atoms with Gasteiger partial charge in [0.2, 0.25) is 0 Å². The van der Waals surface area contributed by atoms with Crippen molar-refractivity contribution in [2.45, 2.75) is 26.2 Å². The molecule has 0 saturated carbocycles. The van der Waals surface area contributed by atoms with Crippen LogP contribution in [0.5, 0.6) is 11.5 Å². The lowest BCUT2D eigenvalue weighted by Gasteiger charge is -2.15. The first-order valence-corrected chi connectivity index (χ1v) is 8.87. The van der Waals surface area contributed by atoms with Gasteiger partial charge in [0.05, 0.1) is 12.8 Å². The molecular weight excluding hydrogens is 310 g/mol. The minimum atomic E-state index is 0.269. The Morgan fingerprint density at radius 2 is 1.76 bits per heavy atom. The molecule has 0 aliphatic heterocycles. The number of rotatable bonds is 7. The molecule has 0 aliphatic rings. The Morgan fingerprint density at radius 1 is 0.960 bits per heavy atom. The highest BCUT2D eigenvalue weighted by molar-refractivity contribution is 6.02. The van der Waals surface area contributed by atoms with Gasteiger partial charge in [0.15, 0.2) is 0 Å². The maximum atomic E-state index is 10.3. The summed E-state index contributed by atoms with van der Waals surface area (Å²) < 4.78 is 5.54. The Labute approximate surface area is 149 Å². The fraction of sp³-hybridized carbons (Fsp3) is 0.273. The summed E-state index contributed by atoms with van der Waals surface area (Å²) in [6.07, 6.45) is 3.53. The van der Waals surface area contributed by atoms with Crippen molar-refractivity contribution in [1.29, 1.82) is 0 Å². The van der Waals surface area contributed by atoms with Crippen LogP contribution in [0.15, 0.2) is 54.6 Å². The SMILES string of the molecule is CCCCCNc1cc2c(-c3ccccc3)ccc(O)c2cc1OC. The number of fused-ring (bicyclic) bond motifs is 1. The molecule has 0 fully saturated rings. The van der Waals surface area contributed by atoms with E-state index in [4.69, 9.17) is 4.74 Å². The lowest BCUT2D eigenvalue weighted by atomic mass is 9.97. The molecule has 130 valence electrons. The highest BCUT2D eigenvalue weighted by Gasteiger charge is 2.12. The molecule has 0 bridgehead atoms. The topological polar surface area (TPSA) is 41.5 Å². The van der Waals surface area contributed by atoms with Crippen LogP contribution in [0.3, 0.4) is 0 Å². The summed E-state index contributed by atoms with van der Waals surface area (Å²) in [5, 5.41) is 15.6. The normalized spacial score (nSPS) is 10.8. The molecule has 3 nitrogen and oxygen atoms in total. The van der Waals surface area contributed by atoms with E-state index in [1.807, 2.05) is 30.3 Å². The second-order valence-corrected chi connectivity index (χ2v) is 6.23. The molecule has 0 saturated heterocycles. The van der Waals surface area contributed by atoms with E-state index in [1.54, 1.807) is 13.2 Å². The zero-order valence-electron chi connectivity index (χ0n) is 14.9. The third-order valence-corrected chi connectivity index (χ3v) is 4.49. The van der Waals surface area contributed by atoms with Gasteiger partial charge in [-0.05, 0) is 41.1 Å². The number of benzene rings is 3. The van der Waals surface area contributed by atoms with Gasteiger partial charge in [-0.25, -0.2) is 0 Å². The predicted molar refractivity (Wildman–Crippen MR) is 106 cm³/mol. The van der Waals surface area contributed by atoms with Crippen molar-refractivity contribution >= 4 is 16.5 Å². The van der Waals surface area contributed by atoms with E-state index in [2.05, 4.69) is 30.4 Å². The van der Waals surface area contributed by atoms with E-state index in [0.29, 0.717) is 0 Å². The Kier molecular flexibility index (Phi) is 5.44. The number of phenolic OH excluding ortho intramolecular Hbond substituents is 1. The molecule has 0 atom stereocenters. The van der Waals surface area contributed by atoms with Crippen molar-refractivity contribution in [2.24, 2.45) is 0 Å². The number of hydrogen-bond acceptors (Lipinski definition) is 3. The number of hydrogen-bond donors (Lipinski definition) is 2. The molecule has 0 amide bonds. The van der Waals surface area contributed by atoms with Crippen molar-refractivity contribution in [2.75, 3.05) is 19.0 Å². The zero-order chi connectivity index (χ0) is 17.6. The van der Waals surface area contributed by atoms with Gasteiger partial charge >= 0.3 is 0 Å². The third kappa shape index (κ3) is 3.71. The van der Waals surface area contributed by atoms with Crippen molar-refractivity contribution < 1.29 is 9.84 Å². The molecule has 3 aromatic carbocycles. The van der Waals surface area contributed by atoms with Crippen molar-refractivity contribution in [3.05, 3.63) is 54.6 Å². The molecular formula is C22H25NO2. The molecule has 3 aromatic rings. The van der Waals surface area contributed by atoms with Gasteiger partial charge in [-0.1, -0.05) is 56.2 Å². The van der Waals surface area contributed by atoms with Gasteiger partial charge in [0.25, 0.3) is 0 Å². The average molecular weight is 335 g/mol. The van der Waals surface area contributed by atoms with Gasteiger partial charge in [-0.2, -0.15) is 0 Å². The lowest BCUT2D eigenvalue weighted by molar-refractivity contribution is 0.416. The van der Waals surface area contributed by atoms with Gasteiger partial charge < -0.3 is 15.2 Å². The summed E-state index contributed by atoms with van der Waals surface area (Å²) in [5.74, 6) is 1.02. The van der Waals surface area contributed by atoms with Crippen molar-refractivity contribution in [3.8, 4) is 22.6 Å². The second kappa shape index (κ2) is 7.93. The number of aromatic hydroxyl groups is 1. The number of anilines is 1. The second-order valence-electron chi connectivity index (χ2n) is 6.23. The molecule has 0 heterocycles. The molecule has 3 rings (SSSR count). The van der Waals surface area contributed by atoms with Crippen LogP contribution >= 0.6 is 0 Å². The molecule has 0 unspecified atom stereocenters. The van der Waals surface area contributed by atoms with Crippen molar-refractivity contribution in [1.82, 2.24) is 0 Å². The molecule has 0 radical (unpaired) electrons. The van der Waals surface area contributed by atoms with Crippen LogP contribution in [0, 0.1) is 0 Å². The van der Waals surface area contributed by atoms with E-state index in [0.717, 1.165) is 46.3 Å². The van der Waals surface area contributed by atoms with Gasteiger partial charge in [0, 0.05) is 11.9 Å². The minimum absolute atomic E-state index is 0.269. The number of unbranched alkanes of at least 4 members (excludes halogenated alkanes) is 2. The number of methoxy groups -OCH3 is 1. The van der Waals surface area contributed by atoms with Gasteiger partial charge in [0.1, 0.15) is 11.5 Å². The molecule has 0 aliphatic carbocycles. The van der Waals surface area contributed by atoms with Crippen LogP contribution < -0.4 is 10.1 Å².